The molecule has 156 valence electrons. The van der Waals surface area contributed by atoms with E-state index in [9.17, 15) is 0 Å². The van der Waals surface area contributed by atoms with Gasteiger partial charge in [0, 0.05) is 57.9 Å². The zero-order valence-corrected chi connectivity index (χ0v) is 18.5. The second-order valence-electron chi connectivity index (χ2n) is 7.34. The quantitative estimate of drug-likeness (QED) is 0.629. The van der Waals surface area contributed by atoms with Crippen LogP contribution in [0.2, 0.25) is 0 Å². The normalized spacial score (nSPS) is 17.6. The fraction of sp³-hybridized carbons (Fsp3) is 0.500. The van der Waals surface area contributed by atoms with Crippen LogP contribution in [0.1, 0.15) is 30.9 Å². The zero-order chi connectivity index (χ0) is 18.5. The highest BCUT2D eigenvalue weighted by Gasteiger charge is 2.29. The van der Waals surface area contributed by atoms with Crippen molar-refractivity contribution < 1.29 is 0 Å². The SMILES string of the molecule is CN(C)c1nc(NCCCN(C)c2ccccc2)cc(C2CC(N)C2)n1.Cl.Cl. The van der Waals surface area contributed by atoms with Gasteiger partial charge in [-0.2, -0.15) is 4.98 Å². The van der Waals surface area contributed by atoms with Gasteiger partial charge in [0.2, 0.25) is 5.95 Å². The van der Waals surface area contributed by atoms with Gasteiger partial charge in [-0.3, -0.25) is 0 Å². The van der Waals surface area contributed by atoms with Crippen LogP contribution in [0.4, 0.5) is 17.5 Å². The molecule has 1 fully saturated rings. The molecule has 1 aliphatic carbocycles. The van der Waals surface area contributed by atoms with E-state index in [1.54, 1.807) is 0 Å². The fourth-order valence-electron chi connectivity index (χ4n) is 3.20. The number of rotatable bonds is 8. The molecule has 3 rings (SSSR count). The lowest BCUT2D eigenvalue weighted by Gasteiger charge is -2.32. The molecule has 0 atom stereocenters. The molecule has 1 aromatic heterocycles. The number of nitrogens with two attached hydrogens (primary N) is 1. The first kappa shape index (κ1) is 24.3. The molecule has 0 saturated heterocycles. The van der Waals surface area contributed by atoms with Gasteiger partial charge >= 0.3 is 0 Å². The predicted octanol–water partition coefficient (Wildman–Crippen LogP) is 3.53. The summed E-state index contributed by atoms with van der Waals surface area (Å²) in [7, 11) is 6.08. The van der Waals surface area contributed by atoms with E-state index in [2.05, 4.69) is 52.6 Å². The predicted molar refractivity (Wildman–Crippen MR) is 124 cm³/mol. The number of hydrogen-bond acceptors (Lipinski definition) is 6. The van der Waals surface area contributed by atoms with Gasteiger partial charge in [0.05, 0.1) is 5.69 Å². The van der Waals surface area contributed by atoms with E-state index in [1.807, 2.05) is 25.1 Å². The third-order valence-electron chi connectivity index (χ3n) is 4.90. The van der Waals surface area contributed by atoms with Crippen LogP contribution >= 0.6 is 24.8 Å². The Kier molecular flexibility index (Phi) is 9.79. The molecule has 8 heteroatoms. The minimum atomic E-state index is 0. The molecule has 3 N–H and O–H groups in total. The van der Waals surface area contributed by atoms with E-state index in [4.69, 9.17) is 10.7 Å². The van der Waals surface area contributed by atoms with Gasteiger partial charge in [-0.1, -0.05) is 18.2 Å². The zero-order valence-electron chi connectivity index (χ0n) is 16.8. The standard InChI is InChI=1S/C20H30N6.2ClH/c1-25(2)20-23-18(15-12-16(21)13-15)14-19(24-20)22-10-7-11-26(3)17-8-5-4-6-9-17;;/h4-6,8-9,14-16H,7,10-13,21H2,1-3H3,(H,22,23,24);2*1H. The third kappa shape index (κ3) is 6.40. The van der Waals surface area contributed by atoms with Crippen LogP contribution in [0, 0.1) is 0 Å². The number of halogens is 2. The molecule has 0 radical (unpaired) electrons. The van der Waals surface area contributed by atoms with Crippen LogP contribution < -0.4 is 20.9 Å². The minimum Gasteiger partial charge on any atom is -0.375 e. The number of anilines is 3. The van der Waals surface area contributed by atoms with Crippen molar-refractivity contribution >= 4 is 42.3 Å². The average molecular weight is 427 g/mol. The van der Waals surface area contributed by atoms with Crippen molar-refractivity contribution in [1.29, 1.82) is 0 Å². The Hall–Kier alpha value is -1.76. The topological polar surface area (TPSA) is 70.3 Å². The Morgan fingerprint density at radius 3 is 2.36 bits per heavy atom. The lowest BCUT2D eigenvalue weighted by molar-refractivity contribution is 0.345. The van der Waals surface area contributed by atoms with E-state index in [0.717, 1.165) is 49.8 Å². The number of para-hydroxylation sites is 1. The lowest BCUT2D eigenvalue weighted by atomic mass is 9.78. The van der Waals surface area contributed by atoms with Crippen LogP contribution in [-0.4, -0.2) is 50.2 Å². The van der Waals surface area contributed by atoms with Crippen molar-refractivity contribution in [3.05, 3.63) is 42.1 Å². The number of aromatic nitrogens is 2. The first-order chi connectivity index (χ1) is 12.5. The summed E-state index contributed by atoms with van der Waals surface area (Å²) < 4.78 is 0. The van der Waals surface area contributed by atoms with Crippen molar-refractivity contribution in [2.75, 3.05) is 49.3 Å². The van der Waals surface area contributed by atoms with Crippen LogP contribution in [0.15, 0.2) is 36.4 Å². The first-order valence-electron chi connectivity index (χ1n) is 9.35. The minimum absolute atomic E-state index is 0. The highest BCUT2D eigenvalue weighted by molar-refractivity contribution is 5.85. The summed E-state index contributed by atoms with van der Waals surface area (Å²) in [4.78, 5) is 13.5. The molecule has 0 unspecified atom stereocenters. The fourth-order valence-corrected chi connectivity index (χ4v) is 3.20. The smallest absolute Gasteiger partial charge is 0.227 e. The molecule has 6 nitrogen and oxygen atoms in total. The second kappa shape index (κ2) is 11.3. The third-order valence-corrected chi connectivity index (χ3v) is 4.90. The Morgan fingerprint density at radius 1 is 1.07 bits per heavy atom. The van der Waals surface area contributed by atoms with Crippen LogP contribution in [0.5, 0.6) is 0 Å². The molecule has 2 aromatic rings. The van der Waals surface area contributed by atoms with Gasteiger partial charge in [0.15, 0.2) is 0 Å². The highest BCUT2D eigenvalue weighted by atomic mass is 35.5. The van der Waals surface area contributed by atoms with Crippen LogP contribution in [-0.2, 0) is 0 Å². The van der Waals surface area contributed by atoms with E-state index in [1.165, 1.54) is 5.69 Å². The van der Waals surface area contributed by atoms with Gasteiger partial charge in [0.1, 0.15) is 5.82 Å². The van der Waals surface area contributed by atoms with Crippen molar-refractivity contribution in [1.82, 2.24) is 9.97 Å². The number of nitrogens with zero attached hydrogens (tertiary/aromatic N) is 4. The van der Waals surface area contributed by atoms with Gasteiger partial charge in [-0.25, -0.2) is 4.98 Å². The maximum absolute atomic E-state index is 5.94. The number of benzene rings is 1. The van der Waals surface area contributed by atoms with Crippen molar-refractivity contribution in [3.63, 3.8) is 0 Å². The lowest BCUT2D eigenvalue weighted by Crippen LogP contribution is -2.35. The first-order valence-corrected chi connectivity index (χ1v) is 9.35. The maximum Gasteiger partial charge on any atom is 0.227 e. The summed E-state index contributed by atoms with van der Waals surface area (Å²) in [6, 6.07) is 12.9. The Balaban J connectivity index is 0.00000196. The van der Waals surface area contributed by atoms with Gasteiger partial charge < -0.3 is 20.9 Å². The van der Waals surface area contributed by atoms with Crippen molar-refractivity contribution in [2.24, 2.45) is 5.73 Å². The van der Waals surface area contributed by atoms with Crippen molar-refractivity contribution in [3.8, 4) is 0 Å². The molecule has 0 aliphatic heterocycles. The summed E-state index contributed by atoms with van der Waals surface area (Å²) in [5, 5.41) is 3.47. The molecule has 1 saturated carbocycles. The summed E-state index contributed by atoms with van der Waals surface area (Å²) in [6.07, 6.45) is 3.08. The van der Waals surface area contributed by atoms with Gasteiger partial charge in [-0.05, 0) is 31.4 Å². The summed E-state index contributed by atoms with van der Waals surface area (Å²) in [6.45, 7) is 1.87. The monoisotopic (exact) mass is 426 g/mol. The Bertz CT molecular complexity index is 707. The molecule has 1 aromatic carbocycles. The molecule has 28 heavy (non-hydrogen) atoms. The Labute approximate surface area is 180 Å². The number of nitrogens with one attached hydrogen (secondary N) is 1. The van der Waals surface area contributed by atoms with Crippen LogP contribution in [0.3, 0.4) is 0 Å². The highest BCUT2D eigenvalue weighted by Crippen LogP contribution is 2.35. The number of hydrogen-bond donors (Lipinski definition) is 2. The molecule has 1 heterocycles. The molecule has 0 bridgehead atoms. The van der Waals surface area contributed by atoms with E-state index in [-0.39, 0.29) is 24.8 Å². The van der Waals surface area contributed by atoms with E-state index >= 15 is 0 Å². The van der Waals surface area contributed by atoms with Crippen molar-refractivity contribution in [2.45, 2.75) is 31.2 Å². The summed E-state index contributed by atoms with van der Waals surface area (Å²) in [5.74, 6) is 2.13. The average Bonchev–Trinajstić information content (AvgIpc) is 2.63. The Morgan fingerprint density at radius 2 is 1.75 bits per heavy atom. The molecule has 1 aliphatic rings. The van der Waals surface area contributed by atoms with E-state index in [0.29, 0.717) is 12.0 Å². The molecular weight excluding hydrogens is 395 g/mol. The molecular formula is C20H32Cl2N6. The summed E-state index contributed by atoms with van der Waals surface area (Å²) in [5.41, 5.74) is 8.29. The second-order valence-corrected chi connectivity index (χ2v) is 7.34. The van der Waals surface area contributed by atoms with Gasteiger partial charge in [-0.15, -0.1) is 24.8 Å². The largest absolute Gasteiger partial charge is 0.375 e. The molecule has 0 amide bonds. The molecule has 0 spiro atoms. The summed E-state index contributed by atoms with van der Waals surface area (Å²) >= 11 is 0. The van der Waals surface area contributed by atoms with Crippen LogP contribution in [0.25, 0.3) is 0 Å². The van der Waals surface area contributed by atoms with E-state index < -0.39 is 0 Å². The maximum atomic E-state index is 5.94. The van der Waals surface area contributed by atoms with Gasteiger partial charge in [0.25, 0.3) is 0 Å².